The predicted molar refractivity (Wildman–Crippen MR) is 106 cm³/mol. The topological polar surface area (TPSA) is 67.9 Å². The Labute approximate surface area is 169 Å². The van der Waals surface area contributed by atoms with Crippen molar-refractivity contribution in [3.05, 3.63) is 65.2 Å². The van der Waals surface area contributed by atoms with Crippen LogP contribution in [-0.2, 0) is 16.1 Å². The Kier molecular flexibility index (Phi) is 7.14. The molecule has 1 fully saturated rings. The van der Waals surface area contributed by atoms with Gasteiger partial charge in [-0.25, -0.2) is 4.79 Å². The van der Waals surface area contributed by atoms with Crippen LogP contribution in [0.3, 0.4) is 0 Å². The van der Waals surface area contributed by atoms with Crippen molar-refractivity contribution in [1.82, 2.24) is 10.2 Å². The maximum Gasteiger partial charge on any atom is 0.407 e. The third-order valence-corrected chi connectivity index (χ3v) is 4.81. The molecule has 0 atom stereocenters. The van der Waals surface area contributed by atoms with Gasteiger partial charge in [0, 0.05) is 24.2 Å². The van der Waals surface area contributed by atoms with Gasteiger partial charge in [-0.3, -0.25) is 4.79 Å². The van der Waals surface area contributed by atoms with E-state index in [9.17, 15) is 9.59 Å². The highest BCUT2D eigenvalue weighted by Crippen LogP contribution is 2.16. The van der Waals surface area contributed by atoms with Gasteiger partial charge in [-0.1, -0.05) is 41.9 Å². The number of ether oxygens (including phenoxy) is 2. The molecule has 148 valence electrons. The lowest BCUT2D eigenvalue weighted by molar-refractivity contribution is -0.134. The van der Waals surface area contributed by atoms with Crippen LogP contribution < -0.4 is 10.1 Å². The molecule has 7 heteroatoms. The van der Waals surface area contributed by atoms with Crippen LogP contribution in [0.4, 0.5) is 4.79 Å². The number of rotatable bonds is 6. The molecule has 0 saturated carbocycles. The van der Waals surface area contributed by atoms with E-state index >= 15 is 0 Å². The van der Waals surface area contributed by atoms with Crippen molar-refractivity contribution in [3.8, 4) is 5.75 Å². The second kappa shape index (κ2) is 9.99. The normalized spacial score (nSPS) is 14.4. The van der Waals surface area contributed by atoms with Crippen molar-refractivity contribution in [2.24, 2.45) is 0 Å². The lowest BCUT2D eigenvalue weighted by Gasteiger charge is -2.32. The highest BCUT2D eigenvalue weighted by atomic mass is 35.5. The first-order chi connectivity index (χ1) is 13.6. The van der Waals surface area contributed by atoms with Gasteiger partial charge in [-0.2, -0.15) is 0 Å². The number of piperidine rings is 1. The first-order valence-electron chi connectivity index (χ1n) is 9.23. The number of carbonyl (C=O) groups excluding carboxylic acids is 2. The zero-order chi connectivity index (χ0) is 19.8. The standard InChI is InChI=1S/C21H23ClN2O4/c22-17-6-8-19(9-7-17)27-15-20(25)24-12-10-18(11-13-24)23-21(26)28-14-16-4-2-1-3-5-16/h1-9,18H,10-15H2,(H,23,26). The number of nitrogens with zero attached hydrogens (tertiary/aromatic N) is 1. The summed E-state index contributed by atoms with van der Waals surface area (Å²) in [6, 6.07) is 16.4. The van der Waals surface area contributed by atoms with E-state index < -0.39 is 6.09 Å². The van der Waals surface area contributed by atoms with Crippen LogP contribution in [0.2, 0.25) is 5.02 Å². The number of hydrogen-bond acceptors (Lipinski definition) is 4. The van der Waals surface area contributed by atoms with Gasteiger partial charge in [0.15, 0.2) is 6.61 Å². The van der Waals surface area contributed by atoms with Crippen LogP contribution in [0.15, 0.2) is 54.6 Å². The Morgan fingerprint density at radius 3 is 2.39 bits per heavy atom. The Bertz CT molecular complexity index is 775. The third-order valence-electron chi connectivity index (χ3n) is 4.56. The Balaban J connectivity index is 1.34. The summed E-state index contributed by atoms with van der Waals surface area (Å²) in [6.07, 6.45) is 0.944. The fraction of sp³-hybridized carbons (Fsp3) is 0.333. The summed E-state index contributed by atoms with van der Waals surface area (Å²) in [7, 11) is 0. The number of hydrogen-bond donors (Lipinski definition) is 1. The van der Waals surface area contributed by atoms with Gasteiger partial charge in [-0.05, 0) is 42.7 Å². The molecule has 0 unspecified atom stereocenters. The van der Waals surface area contributed by atoms with Gasteiger partial charge < -0.3 is 19.7 Å². The fourth-order valence-corrected chi connectivity index (χ4v) is 3.10. The summed E-state index contributed by atoms with van der Waals surface area (Å²) in [5, 5.41) is 3.49. The molecule has 1 aliphatic rings. The minimum absolute atomic E-state index is 0.00417. The second-order valence-electron chi connectivity index (χ2n) is 6.60. The molecular formula is C21H23ClN2O4. The van der Waals surface area contributed by atoms with E-state index in [0.717, 1.165) is 5.56 Å². The maximum absolute atomic E-state index is 12.3. The molecule has 2 aromatic rings. The zero-order valence-electron chi connectivity index (χ0n) is 15.5. The van der Waals surface area contributed by atoms with E-state index in [1.54, 1.807) is 29.2 Å². The quantitative estimate of drug-likeness (QED) is 0.801. The predicted octanol–water partition coefficient (Wildman–Crippen LogP) is 3.64. The van der Waals surface area contributed by atoms with E-state index in [2.05, 4.69) is 5.32 Å². The maximum atomic E-state index is 12.3. The number of alkyl carbamates (subject to hydrolysis) is 1. The summed E-state index contributed by atoms with van der Waals surface area (Å²) in [4.78, 5) is 26.0. The first-order valence-corrected chi connectivity index (χ1v) is 9.61. The van der Waals surface area contributed by atoms with Crippen molar-refractivity contribution in [2.75, 3.05) is 19.7 Å². The molecule has 0 spiro atoms. The minimum atomic E-state index is -0.431. The summed E-state index contributed by atoms with van der Waals surface area (Å²) in [6.45, 7) is 1.38. The summed E-state index contributed by atoms with van der Waals surface area (Å²) >= 11 is 5.83. The van der Waals surface area contributed by atoms with Gasteiger partial charge in [0.1, 0.15) is 12.4 Å². The zero-order valence-corrected chi connectivity index (χ0v) is 16.2. The van der Waals surface area contributed by atoms with E-state index in [1.807, 2.05) is 30.3 Å². The smallest absolute Gasteiger partial charge is 0.407 e. The number of benzene rings is 2. The number of nitrogens with one attached hydrogen (secondary N) is 1. The van der Waals surface area contributed by atoms with E-state index in [1.165, 1.54) is 0 Å². The largest absolute Gasteiger partial charge is 0.484 e. The molecule has 0 bridgehead atoms. The average molecular weight is 403 g/mol. The average Bonchev–Trinajstić information content (AvgIpc) is 2.73. The van der Waals surface area contributed by atoms with E-state index in [-0.39, 0.29) is 25.2 Å². The highest BCUT2D eigenvalue weighted by Gasteiger charge is 2.24. The van der Waals surface area contributed by atoms with Crippen LogP contribution in [0.1, 0.15) is 18.4 Å². The van der Waals surface area contributed by atoms with Gasteiger partial charge in [-0.15, -0.1) is 0 Å². The van der Waals surface area contributed by atoms with Crippen molar-refractivity contribution in [2.45, 2.75) is 25.5 Å². The van der Waals surface area contributed by atoms with Gasteiger partial charge in [0.05, 0.1) is 0 Å². The fourth-order valence-electron chi connectivity index (χ4n) is 2.97. The molecule has 6 nitrogen and oxygen atoms in total. The molecule has 0 aromatic heterocycles. The Hall–Kier alpha value is -2.73. The number of halogens is 1. The molecule has 0 aliphatic carbocycles. The van der Waals surface area contributed by atoms with E-state index in [4.69, 9.17) is 21.1 Å². The van der Waals surface area contributed by atoms with Crippen LogP contribution in [0, 0.1) is 0 Å². The molecule has 1 saturated heterocycles. The van der Waals surface area contributed by atoms with Gasteiger partial charge in [0.2, 0.25) is 0 Å². The van der Waals surface area contributed by atoms with Crippen LogP contribution in [-0.4, -0.2) is 42.6 Å². The molecule has 3 rings (SSSR count). The van der Waals surface area contributed by atoms with Crippen molar-refractivity contribution < 1.29 is 19.1 Å². The van der Waals surface area contributed by atoms with E-state index in [0.29, 0.717) is 36.7 Å². The number of amides is 2. The molecule has 28 heavy (non-hydrogen) atoms. The summed E-state index contributed by atoms with van der Waals surface area (Å²) in [5.41, 5.74) is 0.943. The molecule has 1 N–H and O–H groups in total. The monoisotopic (exact) mass is 402 g/mol. The summed E-state index contributed by atoms with van der Waals surface area (Å²) in [5.74, 6) is 0.538. The third kappa shape index (κ3) is 6.16. The Morgan fingerprint density at radius 1 is 1.04 bits per heavy atom. The molecular weight excluding hydrogens is 380 g/mol. The second-order valence-corrected chi connectivity index (χ2v) is 7.04. The first kappa shape index (κ1) is 20.0. The van der Waals surface area contributed by atoms with Crippen LogP contribution in [0.25, 0.3) is 0 Å². The van der Waals surface area contributed by atoms with Crippen LogP contribution >= 0.6 is 11.6 Å². The number of likely N-dealkylation sites (tertiary alicyclic amines) is 1. The van der Waals surface area contributed by atoms with Crippen molar-refractivity contribution >= 4 is 23.6 Å². The molecule has 2 aromatic carbocycles. The molecule has 0 radical (unpaired) electrons. The lowest BCUT2D eigenvalue weighted by atomic mass is 10.1. The minimum Gasteiger partial charge on any atom is -0.484 e. The van der Waals surface area contributed by atoms with Crippen molar-refractivity contribution in [1.29, 1.82) is 0 Å². The number of carbonyl (C=O) groups is 2. The molecule has 1 aliphatic heterocycles. The van der Waals surface area contributed by atoms with Crippen molar-refractivity contribution in [3.63, 3.8) is 0 Å². The van der Waals surface area contributed by atoms with Gasteiger partial charge in [0.25, 0.3) is 5.91 Å². The molecule has 2 amide bonds. The van der Waals surface area contributed by atoms with Gasteiger partial charge >= 0.3 is 6.09 Å². The Morgan fingerprint density at radius 2 is 1.71 bits per heavy atom. The van der Waals surface area contributed by atoms with Crippen LogP contribution in [0.5, 0.6) is 5.75 Å². The lowest BCUT2D eigenvalue weighted by Crippen LogP contribution is -2.47. The highest BCUT2D eigenvalue weighted by molar-refractivity contribution is 6.30. The summed E-state index contributed by atoms with van der Waals surface area (Å²) < 4.78 is 10.7. The molecule has 1 heterocycles. The SMILES string of the molecule is O=C(NC1CCN(C(=O)COc2ccc(Cl)cc2)CC1)OCc1ccccc1.